The monoisotopic (exact) mass is 290 g/mol. The summed E-state index contributed by atoms with van der Waals surface area (Å²) in [5, 5.41) is 2.83. The number of hydrogen-bond donors (Lipinski definition) is 1. The van der Waals surface area contributed by atoms with Crippen LogP contribution in [0.5, 0.6) is 0 Å². The number of imidazole rings is 1. The Labute approximate surface area is 120 Å². The summed E-state index contributed by atoms with van der Waals surface area (Å²) >= 11 is 1.52. The van der Waals surface area contributed by atoms with Crippen molar-refractivity contribution in [3.05, 3.63) is 34.4 Å². The zero-order chi connectivity index (χ0) is 14.1. The molecule has 0 fully saturated rings. The van der Waals surface area contributed by atoms with Crippen LogP contribution in [0.3, 0.4) is 0 Å². The smallest absolute Gasteiger partial charge is 0.160 e. The number of benzene rings is 1. The molecule has 104 valence electrons. The van der Waals surface area contributed by atoms with Crippen LogP contribution < -0.4 is 5.73 Å². The molecule has 3 aromatic rings. The lowest BCUT2D eigenvalue weighted by Gasteiger charge is -2.05. The Morgan fingerprint density at radius 2 is 2.20 bits per heavy atom. The number of nitrogens with two attached hydrogens (primary N) is 1. The summed E-state index contributed by atoms with van der Waals surface area (Å²) in [6, 6.07) is 4.66. The highest BCUT2D eigenvalue weighted by atomic mass is 32.1. The molecule has 2 aromatic heterocycles. The van der Waals surface area contributed by atoms with Crippen molar-refractivity contribution in [3.63, 3.8) is 0 Å². The predicted molar refractivity (Wildman–Crippen MR) is 79.0 cm³/mol. The van der Waals surface area contributed by atoms with E-state index >= 15 is 0 Å². The van der Waals surface area contributed by atoms with E-state index in [0.717, 1.165) is 40.5 Å². The number of aryl methyl sites for hydroxylation is 1. The van der Waals surface area contributed by atoms with Crippen molar-refractivity contribution in [2.24, 2.45) is 5.73 Å². The van der Waals surface area contributed by atoms with Gasteiger partial charge in [-0.15, -0.1) is 11.3 Å². The summed E-state index contributed by atoms with van der Waals surface area (Å²) in [5.74, 6) is 0.533. The van der Waals surface area contributed by atoms with Gasteiger partial charge in [0.2, 0.25) is 0 Å². The lowest BCUT2D eigenvalue weighted by atomic mass is 10.3. The van der Waals surface area contributed by atoms with Gasteiger partial charge in [-0.05, 0) is 24.6 Å². The summed E-state index contributed by atoms with van der Waals surface area (Å²) in [6.45, 7) is 3.29. The lowest BCUT2D eigenvalue weighted by molar-refractivity contribution is 0.627. The van der Waals surface area contributed by atoms with E-state index in [4.69, 9.17) is 5.73 Å². The molecule has 3 rings (SSSR count). The first kappa shape index (κ1) is 13.2. The number of aromatic nitrogens is 3. The fourth-order valence-corrected chi connectivity index (χ4v) is 2.90. The second kappa shape index (κ2) is 5.30. The van der Waals surface area contributed by atoms with Gasteiger partial charge in [0.05, 0.1) is 11.0 Å². The van der Waals surface area contributed by atoms with Crippen molar-refractivity contribution in [2.75, 3.05) is 0 Å². The summed E-state index contributed by atoms with van der Waals surface area (Å²) in [4.78, 5) is 9.07. The van der Waals surface area contributed by atoms with Crippen LogP contribution in [0.1, 0.15) is 18.4 Å². The Morgan fingerprint density at radius 3 is 2.90 bits per heavy atom. The van der Waals surface area contributed by atoms with E-state index in [1.165, 1.54) is 23.5 Å². The van der Waals surface area contributed by atoms with E-state index in [9.17, 15) is 4.39 Å². The lowest BCUT2D eigenvalue weighted by Crippen LogP contribution is -2.01. The molecule has 2 N–H and O–H groups in total. The number of rotatable bonds is 4. The Morgan fingerprint density at radius 1 is 1.35 bits per heavy atom. The third kappa shape index (κ3) is 2.21. The van der Waals surface area contributed by atoms with Crippen LogP contribution in [0.4, 0.5) is 4.39 Å². The Kier molecular flexibility index (Phi) is 3.50. The molecule has 6 heteroatoms. The van der Waals surface area contributed by atoms with Gasteiger partial charge in [0.1, 0.15) is 16.5 Å². The summed E-state index contributed by atoms with van der Waals surface area (Å²) in [6.07, 6.45) is 0.947. The molecule has 0 radical (unpaired) electrons. The van der Waals surface area contributed by atoms with Crippen molar-refractivity contribution >= 4 is 22.4 Å². The Bertz CT molecular complexity index is 747. The Hall–Kier alpha value is -1.79. The molecule has 4 nitrogen and oxygen atoms in total. The Balaban J connectivity index is 2.20. The minimum atomic E-state index is -0.248. The molecule has 0 atom stereocenters. The van der Waals surface area contributed by atoms with Crippen LogP contribution in [-0.2, 0) is 13.1 Å². The van der Waals surface area contributed by atoms with Crippen LogP contribution in [-0.4, -0.2) is 14.5 Å². The van der Waals surface area contributed by atoms with E-state index in [1.54, 1.807) is 6.07 Å². The zero-order valence-electron chi connectivity index (χ0n) is 11.1. The molecular formula is C14H15FN4S. The van der Waals surface area contributed by atoms with E-state index in [0.29, 0.717) is 6.54 Å². The summed E-state index contributed by atoms with van der Waals surface area (Å²) < 4.78 is 15.5. The minimum Gasteiger partial charge on any atom is -0.325 e. The van der Waals surface area contributed by atoms with E-state index in [2.05, 4.69) is 16.9 Å². The van der Waals surface area contributed by atoms with Crippen LogP contribution in [0.25, 0.3) is 22.6 Å². The average molecular weight is 290 g/mol. The highest BCUT2D eigenvalue weighted by molar-refractivity contribution is 7.09. The molecule has 0 aliphatic rings. The first-order valence-corrected chi connectivity index (χ1v) is 7.41. The first-order chi connectivity index (χ1) is 9.72. The summed E-state index contributed by atoms with van der Waals surface area (Å²) in [7, 11) is 0. The molecule has 0 amide bonds. The molecule has 0 saturated carbocycles. The SMILES string of the molecule is CCCn1c(-c2csc(CN)n2)nc2ccc(F)cc21. The number of nitrogens with zero attached hydrogens (tertiary/aromatic N) is 3. The normalized spacial score (nSPS) is 11.3. The van der Waals surface area contributed by atoms with Gasteiger partial charge in [0, 0.05) is 18.5 Å². The zero-order valence-corrected chi connectivity index (χ0v) is 12.0. The van der Waals surface area contributed by atoms with Gasteiger partial charge < -0.3 is 10.3 Å². The second-order valence-corrected chi connectivity index (χ2v) is 5.49. The number of halogens is 1. The van der Waals surface area contributed by atoms with Gasteiger partial charge in [-0.3, -0.25) is 0 Å². The fraction of sp³-hybridized carbons (Fsp3) is 0.286. The van der Waals surface area contributed by atoms with Gasteiger partial charge in [-0.1, -0.05) is 6.92 Å². The quantitative estimate of drug-likeness (QED) is 0.803. The molecule has 0 bridgehead atoms. The van der Waals surface area contributed by atoms with E-state index < -0.39 is 0 Å². The van der Waals surface area contributed by atoms with Gasteiger partial charge in [0.25, 0.3) is 0 Å². The van der Waals surface area contributed by atoms with Gasteiger partial charge in [-0.2, -0.15) is 0 Å². The standard InChI is InChI=1S/C14H15FN4S/c1-2-5-19-12-6-9(15)3-4-10(12)18-14(19)11-8-20-13(7-16)17-11/h3-4,6,8H,2,5,7,16H2,1H3. The molecule has 1 aromatic carbocycles. The predicted octanol–water partition coefficient (Wildman–Crippen LogP) is 3.17. The van der Waals surface area contributed by atoms with E-state index in [1.807, 2.05) is 9.95 Å². The second-order valence-electron chi connectivity index (χ2n) is 4.55. The van der Waals surface area contributed by atoms with Crippen LogP contribution in [0, 0.1) is 5.82 Å². The van der Waals surface area contributed by atoms with Crippen molar-refractivity contribution in [1.29, 1.82) is 0 Å². The molecule has 0 unspecified atom stereocenters. The average Bonchev–Trinajstić information content (AvgIpc) is 3.04. The molecule has 2 heterocycles. The van der Waals surface area contributed by atoms with Gasteiger partial charge >= 0.3 is 0 Å². The van der Waals surface area contributed by atoms with E-state index in [-0.39, 0.29) is 5.82 Å². The first-order valence-electron chi connectivity index (χ1n) is 6.53. The highest BCUT2D eigenvalue weighted by Crippen LogP contribution is 2.26. The molecular weight excluding hydrogens is 275 g/mol. The number of hydrogen-bond acceptors (Lipinski definition) is 4. The van der Waals surface area contributed by atoms with Crippen LogP contribution in [0.2, 0.25) is 0 Å². The third-order valence-electron chi connectivity index (χ3n) is 3.11. The fourth-order valence-electron chi connectivity index (χ4n) is 2.25. The van der Waals surface area contributed by atoms with Gasteiger partial charge in [0.15, 0.2) is 5.82 Å². The van der Waals surface area contributed by atoms with Crippen molar-refractivity contribution in [3.8, 4) is 11.5 Å². The molecule has 0 aliphatic heterocycles. The highest BCUT2D eigenvalue weighted by Gasteiger charge is 2.15. The largest absolute Gasteiger partial charge is 0.325 e. The van der Waals surface area contributed by atoms with Crippen molar-refractivity contribution < 1.29 is 4.39 Å². The summed E-state index contributed by atoms with van der Waals surface area (Å²) in [5.41, 5.74) is 8.01. The molecule has 20 heavy (non-hydrogen) atoms. The molecule has 0 spiro atoms. The van der Waals surface area contributed by atoms with Crippen molar-refractivity contribution in [2.45, 2.75) is 26.4 Å². The maximum Gasteiger partial charge on any atom is 0.160 e. The minimum absolute atomic E-state index is 0.248. The maximum atomic E-state index is 13.5. The van der Waals surface area contributed by atoms with Gasteiger partial charge in [-0.25, -0.2) is 14.4 Å². The number of fused-ring (bicyclic) bond motifs is 1. The van der Waals surface area contributed by atoms with Crippen LogP contribution >= 0.6 is 11.3 Å². The maximum absolute atomic E-state index is 13.5. The topological polar surface area (TPSA) is 56.7 Å². The van der Waals surface area contributed by atoms with Crippen molar-refractivity contribution in [1.82, 2.24) is 14.5 Å². The molecule has 0 aliphatic carbocycles. The number of thiazole rings is 1. The third-order valence-corrected chi connectivity index (χ3v) is 3.98. The van der Waals surface area contributed by atoms with Crippen LogP contribution in [0.15, 0.2) is 23.6 Å². The molecule has 0 saturated heterocycles.